The minimum atomic E-state index is -0.810. The minimum absolute atomic E-state index is 0.0143. The Hall–Kier alpha value is -2.64. The number of hydrogen-bond donors (Lipinski definition) is 0. The molecule has 0 N–H and O–H groups in total. The predicted molar refractivity (Wildman–Crippen MR) is 227 cm³/mol. The molecule has 0 aliphatic heterocycles. The number of allylic oxidation sites excluding steroid dienone is 4. The third-order valence-corrected chi connectivity index (χ3v) is 14.2. The largest absolute Gasteiger partial charge is 0.0718 e. The van der Waals surface area contributed by atoms with Gasteiger partial charge in [-0.05, 0) is 128 Å². The molecule has 1 heteroatoms. The molecule has 3 aromatic rings. The molecule has 0 nitrogen and oxygen atoms in total. The standard InChI is InChI=1S/C49H72Si/c1-14-16-18-20-22-39-27-40(23-21-19-17-15-2)29-41(28-39)33-49(50-45-25-34(3)24-35(4)26-45)38(7)36(5)37(6)46(49)42-30-43(47(8,9)10)32-44(31-42)48(11,12)13/h24-32H,14-23,33,50H2,1-13H3. The average molecular weight is 689 g/mol. The van der Waals surface area contributed by atoms with Gasteiger partial charge in [-0.1, -0.05) is 170 Å². The van der Waals surface area contributed by atoms with Crippen molar-refractivity contribution in [2.24, 2.45) is 0 Å². The van der Waals surface area contributed by atoms with E-state index in [1.165, 1.54) is 103 Å². The Morgan fingerprint density at radius 3 is 1.46 bits per heavy atom. The fourth-order valence-corrected chi connectivity index (χ4v) is 11.8. The fraction of sp³-hybridized carbons (Fsp3) is 0.551. The molecule has 0 amide bonds. The van der Waals surface area contributed by atoms with E-state index in [1.54, 1.807) is 33.0 Å². The maximum absolute atomic E-state index is 2.62. The van der Waals surface area contributed by atoms with E-state index < -0.39 is 9.52 Å². The molecule has 272 valence electrons. The highest BCUT2D eigenvalue weighted by Gasteiger charge is 2.44. The van der Waals surface area contributed by atoms with Gasteiger partial charge in [0.05, 0.1) is 9.52 Å². The molecular weight excluding hydrogens is 617 g/mol. The van der Waals surface area contributed by atoms with Crippen LogP contribution in [0.4, 0.5) is 0 Å². The summed E-state index contributed by atoms with van der Waals surface area (Å²) in [6.07, 6.45) is 14.0. The third kappa shape index (κ3) is 9.81. The van der Waals surface area contributed by atoms with Gasteiger partial charge in [-0.25, -0.2) is 0 Å². The highest BCUT2D eigenvalue weighted by molar-refractivity contribution is 6.61. The second-order valence-electron chi connectivity index (χ2n) is 18.3. The SMILES string of the molecule is CCCCCCc1cc(CCCCCC)cc(CC2([SiH2]c3cc(C)cc(C)c3)C(C)=C(C)C(C)=C2c2cc(C(C)(C)C)cc(C(C)(C)C)c2)c1. The van der Waals surface area contributed by atoms with Crippen molar-refractivity contribution >= 4 is 20.3 Å². The molecule has 0 saturated carbocycles. The van der Waals surface area contributed by atoms with Crippen molar-refractivity contribution in [3.8, 4) is 0 Å². The molecule has 0 aromatic heterocycles. The Labute approximate surface area is 311 Å². The van der Waals surface area contributed by atoms with Gasteiger partial charge >= 0.3 is 0 Å². The molecule has 0 spiro atoms. The molecule has 0 saturated heterocycles. The lowest BCUT2D eigenvalue weighted by molar-refractivity contribution is 0.568. The molecule has 1 aliphatic carbocycles. The first-order chi connectivity index (χ1) is 23.5. The van der Waals surface area contributed by atoms with Crippen LogP contribution in [0.2, 0.25) is 5.04 Å². The van der Waals surface area contributed by atoms with Gasteiger partial charge in [-0.15, -0.1) is 0 Å². The van der Waals surface area contributed by atoms with E-state index in [-0.39, 0.29) is 15.9 Å². The van der Waals surface area contributed by atoms with Gasteiger partial charge < -0.3 is 0 Å². The highest BCUT2D eigenvalue weighted by Crippen LogP contribution is 2.59. The summed E-state index contributed by atoms with van der Waals surface area (Å²) in [4.78, 5) is 0. The molecule has 0 radical (unpaired) electrons. The Morgan fingerprint density at radius 2 is 1.00 bits per heavy atom. The lowest BCUT2D eigenvalue weighted by Gasteiger charge is -2.37. The van der Waals surface area contributed by atoms with Crippen molar-refractivity contribution in [1.82, 2.24) is 0 Å². The van der Waals surface area contributed by atoms with Crippen LogP contribution in [0.15, 0.2) is 71.3 Å². The molecule has 1 atom stereocenters. The first-order valence-corrected chi connectivity index (χ1v) is 21.6. The second-order valence-corrected chi connectivity index (χ2v) is 20.6. The third-order valence-electron chi connectivity index (χ3n) is 11.7. The average Bonchev–Trinajstić information content (AvgIpc) is 3.19. The Bertz CT molecular complexity index is 1600. The van der Waals surface area contributed by atoms with Gasteiger partial charge in [-0.2, -0.15) is 0 Å². The lowest BCUT2D eigenvalue weighted by atomic mass is 9.76. The van der Waals surface area contributed by atoms with Gasteiger partial charge in [0.15, 0.2) is 0 Å². The van der Waals surface area contributed by atoms with Crippen molar-refractivity contribution in [3.05, 3.63) is 116 Å². The van der Waals surface area contributed by atoms with Crippen molar-refractivity contribution in [2.75, 3.05) is 0 Å². The Balaban J connectivity index is 1.96. The molecule has 4 rings (SSSR count). The molecule has 1 unspecified atom stereocenters. The monoisotopic (exact) mass is 689 g/mol. The number of unbranched alkanes of at least 4 members (excludes halogenated alkanes) is 6. The molecule has 0 heterocycles. The molecule has 3 aromatic carbocycles. The molecule has 0 fully saturated rings. The van der Waals surface area contributed by atoms with Gasteiger partial charge in [-0.3, -0.25) is 0 Å². The van der Waals surface area contributed by atoms with Crippen LogP contribution >= 0.6 is 0 Å². The van der Waals surface area contributed by atoms with Gasteiger partial charge in [0.25, 0.3) is 0 Å². The van der Waals surface area contributed by atoms with Gasteiger partial charge in [0.2, 0.25) is 0 Å². The number of benzene rings is 3. The zero-order valence-corrected chi connectivity index (χ0v) is 36.1. The van der Waals surface area contributed by atoms with Gasteiger partial charge in [0, 0.05) is 5.04 Å². The predicted octanol–water partition coefficient (Wildman–Crippen LogP) is 13.2. The van der Waals surface area contributed by atoms with Gasteiger partial charge in [0.1, 0.15) is 0 Å². The molecule has 1 aliphatic rings. The van der Waals surface area contributed by atoms with Crippen LogP contribution < -0.4 is 5.19 Å². The van der Waals surface area contributed by atoms with E-state index in [0.29, 0.717) is 0 Å². The van der Waals surface area contributed by atoms with E-state index >= 15 is 0 Å². The van der Waals surface area contributed by atoms with Crippen LogP contribution in [0.5, 0.6) is 0 Å². The van der Waals surface area contributed by atoms with Crippen LogP contribution in [0.3, 0.4) is 0 Å². The number of rotatable bonds is 15. The normalized spacial score (nSPS) is 17.2. The quantitative estimate of drug-likeness (QED) is 0.110. The number of hydrogen-bond acceptors (Lipinski definition) is 0. The van der Waals surface area contributed by atoms with E-state index in [1.807, 2.05) is 0 Å². The van der Waals surface area contributed by atoms with E-state index in [2.05, 4.69) is 145 Å². The lowest BCUT2D eigenvalue weighted by Crippen LogP contribution is -2.34. The smallest absolute Gasteiger partial charge is 0.0654 e. The van der Waals surface area contributed by atoms with Crippen molar-refractivity contribution in [3.63, 3.8) is 0 Å². The van der Waals surface area contributed by atoms with Crippen molar-refractivity contribution in [1.29, 1.82) is 0 Å². The summed E-state index contributed by atoms with van der Waals surface area (Å²) in [5.41, 5.74) is 18.3. The van der Waals surface area contributed by atoms with E-state index in [9.17, 15) is 0 Å². The summed E-state index contributed by atoms with van der Waals surface area (Å²) in [6, 6.07) is 22.9. The summed E-state index contributed by atoms with van der Waals surface area (Å²) < 4.78 is 0. The maximum Gasteiger partial charge on any atom is 0.0718 e. The minimum Gasteiger partial charge on any atom is -0.0654 e. The van der Waals surface area contributed by atoms with Crippen LogP contribution in [-0.2, 0) is 30.1 Å². The maximum atomic E-state index is 2.62. The van der Waals surface area contributed by atoms with Crippen LogP contribution in [0.1, 0.15) is 172 Å². The second kappa shape index (κ2) is 16.8. The van der Waals surface area contributed by atoms with E-state index in [4.69, 9.17) is 0 Å². The molecule has 0 bridgehead atoms. The van der Waals surface area contributed by atoms with Crippen LogP contribution in [0.25, 0.3) is 5.57 Å². The van der Waals surface area contributed by atoms with Crippen molar-refractivity contribution in [2.45, 2.75) is 177 Å². The summed E-state index contributed by atoms with van der Waals surface area (Å²) >= 11 is 0. The summed E-state index contributed by atoms with van der Waals surface area (Å²) in [6.45, 7) is 30.9. The van der Waals surface area contributed by atoms with E-state index in [0.717, 1.165) is 6.42 Å². The number of aryl methyl sites for hydroxylation is 4. The summed E-state index contributed by atoms with van der Waals surface area (Å²) in [5, 5.41) is 1.61. The summed E-state index contributed by atoms with van der Waals surface area (Å²) in [7, 11) is -0.810. The first-order valence-electron chi connectivity index (χ1n) is 20.2. The zero-order chi connectivity index (χ0) is 36.9. The topological polar surface area (TPSA) is 0 Å². The van der Waals surface area contributed by atoms with Crippen molar-refractivity contribution < 1.29 is 0 Å². The van der Waals surface area contributed by atoms with Crippen LogP contribution in [0, 0.1) is 13.8 Å². The first kappa shape index (κ1) is 40.1. The fourth-order valence-electron chi connectivity index (χ4n) is 8.62. The molecular formula is C49H72Si. The zero-order valence-electron chi connectivity index (χ0n) is 34.7. The summed E-state index contributed by atoms with van der Waals surface area (Å²) in [5.74, 6) is 0. The Kier molecular flexibility index (Phi) is 13.5. The Morgan fingerprint density at radius 1 is 0.520 bits per heavy atom. The van der Waals surface area contributed by atoms with Crippen LogP contribution in [-0.4, -0.2) is 9.52 Å². The molecule has 50 heavy (non-hydrogen) atoms. The highest BCUT2D eigenvalue weighted by atomic mass is 28.2.